The quantitative estimate of drug-likeness (QED) is 0.588. The first-order valence-corrected chi connectivity index (χ1v) is 6.93. The van der Waals surface area contributed by atoms with E-state index in [1.807, 2.05) is 18.2 Å². The molecule has 0 aliphatic carbocycles. The van der Waals surface area contributed by atoms with E-state index in [0.717, 1.165) is 22.2 Å². The van der Waals surface area contributed by atoms with E-state index in [1.54, 1.807) is 41.5 Å². The molecule has 4 aromatic rings. The van der Waals surface area contributed by atoms with Gasteiger partial charge in [0, 0.05) is 29.4 Å². The van der Waals surface area contributed by atoms with Crippen LogP contribution in [0, 0.1) is 0 Å². The summed E-state index contributed by atoms with van der Waals surface area (Å²) in [5.74, 6) is 1.01. The van der Waals surface area contributed by atoms with E-state index < -0.39 is 0 Å². The van der Waals surface area contributed by atoms with Crippen molar-refractivity contribution in [1.29, 1.82) is 0 Å². The van der Waals surface area contributed by atoms with E-state index in [1.165, 1.54) is 0 Å². The minimum absolute atomic E-state index is 0.193. The number of benzene rings is 1. The summed E-state index contributed by atoms with van der Waals surface area (Å²) in [6.45, 7) is 0. The topological polar surface area (TPSA) is 103 Å². The predicted molar refractivity (Wildman–Crippen MR) is 86.0 cm³/mol. The molecular weight excluding hydrogens is 292 g/mol. The number of hydrogen-bond donors (Lipinski definition) is 2. The lowest BCUT2D eigenvalue weighted by atomic mass is 10.1. The lowest BCUT2D eigenvalue weighted by Crippen LogP contribution is -2.03. The molecule has 0 radical (unpaired) electrons. The third kappa shape index (κ3) is 2.34. The molecule has 0 spiro atoms. The van der Waals surface area contributed by atoms with Gasteiger partial charge in [0.25, 0.3) is 0 Å². The van der Waals surface area contributed by atoms with Crippen LogP contribution in [0.1, 0.15) is 0 Å². The van der Waals surface area contributed by atoms with E-state index >= 15 is 0 Å². The maximum Gasteiger partial charge on any atom is 0.221 e. The maximum absolute atomic E-state index is 9.40. The highest BCUT2D eigenvalue weighted by Gasteiger charge is 2.09. The number of hydrogen-bond acceptors (Lipinski definition) is 6. The van der Waals surface area contributed by atoms with Crippen molar-refractivity contribution in [1.82, 2.24) is 24.7 Å². The highest BCUT2D eigenvalue weighted by Crippen LogP contribution is 2.24. The average Bonchev–Trinajstić information content (AvgIpc) is 2.98. The molecule has 0 saturated carbocycles. The van der Waals surface area contributed by atoms with Gasteiger partial charge in [0.05, 0.1) is 17.4 Å². The van der Waals surface area contributed by atoms with E-state index in [2.05, 4.69) is 20.1 Å². The third-order valence-electron chi connectivity index (χ3n) is 3.49. The highest BCUT2D eigenvalue weighted by molar-refractivity contribution is 5.83. The molecular formula is C16H12N6O. The smallest absolute Gasteiger partial charge is 0.221 e. The van der Waals surface area contributed by atoms with Crippen molar-refractivity contribution in [3.8, 4) is 22.8 Å². The molecule has 0 unspecified atom stereocenters. The van der Waals surface area contributed by atoms with Crippen LogP contribution in [-0.2, 0) is 0 Å². The summed E-state index contributed by atoms with van der Waals surface area (Å²) in [4.78, 5) is 12.5. The maximum atomic E-state index is 9.40. The van der Waals surface area contributed by atoms with E-state index in [-0.39, 0.29) is 11.7 Å². The highest BCUT2D eigenvalue weighted by atomic mass is 16.3. The second-order valence-corrected chi connectivity index (χ2v) is 5.00. The van der Waals surface area contributed by atoms with Crippen molar-refractivity contribution in [2.75, 3.05) is 5.73 Å². The van der Waals surface area contributed by atoms with E-state index in [9.17, 15) is 5.11 Å². The fraction of sp³-hybridized carbons (Fsp3) is 0. The Morgan fingerprint density at radius 2 is 1.83 bits per heavy atom. The molecule has 0 bridgehead atoms. The van der Waals surface area contributed by atoms with Crippen LogP contribution in [0.15, 0.2) is 55.0 Å². The fourth-order valence-electron chi connectivity index (χ4n) is 2.37. The molecule has 112 valence electrons. The molecule has 3 aromatic heterocycles. The van der Waals surface area contributed by atoms with Gasteiger partial charge in [-0.15, -0.1) is 0 Å². The number of anilines is 1. The van der Waals surface area contributed by atoms with Gasteiger partial charge in [-0.25, -0.2) is 9.67 Å². The second kappa shape index (κ2) is 5.06. The van der Waals surface area contributed by atoms with Gasteiger partial charge in [0.2, 0.25) is 5.95 Å². The van der Waals surface area contributed by atoms with Crippen LogP contribution in [0.2, 0.25) is 0 Å². The van der Waals surface area contributed by atoms with E-state index in [4.69, 9.17) is 5.73 Å². The summed E-state index contributed by atoms with van der Waals surface area (Å²) in [6.07, 6.45) is 5.07. The Morgan fingerprint density at radius 3 is 2.61 bits per heavy atom. The Hall–Kier alpha value is -3.48. The molecule has 1 aromatic carbocycles. The zero-order valence-electron chi connectivity index (χ0n) is 12.0. The van der Waals surface area contributed by atoms with Crippen LogP contribution < -0.4 is 5.73 Å². The molecule has 3 heterocycles. The van der Waals surface area contributed by atoms with Crippen molar-refractivity contribution in [2.45, 2.75) is 0 Å². The number of nitrogens with zero attached hydrogens (tertiary/aromatic N) is 5. The first kappa shape index (κ1) is 13.2. The van der Waals surface area contributed by atoms with Crippen molar-refractivity contribution in [3.63, 3.8) is 0 Å². The van der Waals surface area contributed by atoms with Crippen LogP contribution in [0.3, 0.4) is 0 Å². The number of phenolic OH excluding ortho intramolecular Hbond substituents is 1. The standard InChI is InChI=1S/C16H12N6O/c17-16-18-6-5-15(21-16)22-14-7-13(19-8-11(14)9-20-22)10-1-3-12(23)4-2-10/h1-9,23H,(H2,17,18,21). The Kier molecular flexibility index (Phi) is 2.90. The molecule has 7 heteroatoms. The fourth-order valence-corrected chi connectivity index (χ4v) is 2.37. The predicted octanol–water partition coefficient (Wildman–Crippen LogP) is 2.17. The van der Waals surface area contributed by atoms with Gasteiger partial charge < -0.3 is 10.8 Å². The van der Waals surface area contributed by atoms with Gasteiger partial charge in [0.15, 0.2) is 5.82 Å². The van der Waals surface area contributed by atoms with Gasteiger partial charge >= 0.3 is 0 Å². The first-order valence-electron chi connectivity index (χ1n) is 6.93. The molecule has 23 heavy (non-hydrogen) atoms. The Labute approximate surface area is 131 Å². The molecule has 0 atom stereocenters. The normalized spacial score (nSPS) is 11.0. The summed E-state index contributed by atoms with van der Waals surface area (Å²) in [5.41, 5.74) is 8.19. The summed E-state index contributed by atoms with van der Waals surface area (Å²) in [6, 6.07) is 10.5. The minimum atomic E-state index is 0.193. The van der Waals surface area contributed by atoms with Crippen molar-refractivity contribution in [2.24, 2.45) is 0 Å². The minimum Gasteiger partial charge on any atom is -0.508 e. The van der Waals surface area contributed by atoms with Gasteiger partial charge in [-0.1, -0.05) is 0 Å². The Bertz CT molecular complexity index is 993. The number of rotatable bonds is 2. The van der Waals surface area contributed by atoms with Crippen LogP contribution in [0.5, 0.6) is 5.75 Å². The largest absolute Gasteiger partial charge is 0.508 e. The molecule has 0 saturated heterocycles. The van der Waals surface area contributed by atoms with Crippen molar-refractivity contribution in [3.05, 3.63) is 55.0 Å². The van der Waals surface area contributed by atoms with Gasteiger partial charge in [-0.05, 0) is 30.3 Å². The zero-order chi connectivity index (χ0) is 15.8. The number of nitrogen functional groups attached to an aromatic ring is 1. The number of phenols is 1. The Balaban J connectivity index is 1.88. The number of nitrogens with two attached hydrogens (primary N) is 1. The monoisotopic (exact) mass is 304 g/mol. The van der Waals surface area contributed by atoms with Crippen LogP contribution in [0.4, 0.5) is 5.95 Å². The number of aromatic nitrogens is 5. The Morgan fingerprint density at radius 1 is 1.00 bits per heavy atom. The van der Waals surface area contributed by atoms with Crippen LogP contribution in [0.25, 0.3) is 28.0 Å². The lowest BCUT2D eigenvalue weighted by molar-refractivity contribution is 0.475. The second-order valence-electron chi connectivity index (χ2n) is 5.00. The number of fused-ring (bicyclic) bond motifs is 1. The molecule has 0 aliphatic rings. The molecule has 0 fully saturated rings. The average molecular weight is 304 g/mol. The van der Waals surface area contributed by atoms with Crippen molar-refractivity contribution >= 4 is 16.9 Å². The number of aromatic hydroxyl groups is 1. The van der Waals surface area contributed by atoms with Gasteiger partial charge in [-0.2, -0.15) is 10.1 Å². The van der Waals surface area contributed by atoms with E-state index in [0.29, 0.717) is 5.82 Å². The van der Waals surface area contributed by atoms with Gasteiger partial charge in [0.1, 0.15) is 5.75 Å². The molecule has 0 aliphatic heterocycles. The summed E-state index contributed by atoms with van der Waals surface area (Å²) in [5, 5.41) is 14.6. The van der Waals surface area contributed by atoms with Crippen molar-refractivity contribution < 1.29 is 5.11 Å². The first-order chi connectivity index (χ1) is 11.2. The summed E-state index contributed by atoms with van der Waals surface area (Å²) >= 11 is 0. The molecule has 3 N–H and O–H groups in total. The molecule has 7 nitrogen and oxygen atoms in total. The van der Waals surface area contributed by atoms with Gasteiger partial charge in [-0.3, -0.25) is 4.98 Å². The SMILES string of the molecule is Nc1nccc(-n2ncc3cnc(-c4ccc(O)cc4)cc32)n1. The number of pyridine rings is 1. The third-order valence-corrected chi connectivity index (χ3v) is 3.49. The van der Waals surface area contributed by atoms with Crippen LogP contribution >= 0.6 is 0 Å². The van der Waals surface area contributed by atoms with Crippen LogP contribution in [-0.4, -0.2) is 29.8 Å². The molecule has 4 rings (SSSR count). The lowest BCUT2D eigenvalue weighted by Gasteiger charge is -2.05. The summed E-state index contributed by atoms with van der Waals surface area (Å²) < 4.78 is 1.69. The summed E-state index contributed by atoms with van der Waals surface area (Å²) in [7, 11) is 0. The molecule has 0 amide bonds. The zero-order valence-corrected chi connectivity index (χ0v) is 12.0.